The van der Waals surface area contributed by atoms with Crippen LogP contribution >= 0.6 is 11.8 Å². The molecule has 5 heteroatoms. The van der Waals surface area contributed by atoms with E-state index >= 15 is 0 Å². The molecule has 0 heterocycles. The van der Waals surface area contributed by atoms with Crippen molar-refractivity contribution in [1.82, 2.24) is 5.32 Å². The predicted molar refractivity (Wildman–Crippen MR) is 90.0 cm³/mol. The SMILES string of the molecule is Cc1cccc(NC(=O)CNC(=O)CSc2ccccc2)c1. The Balaban J connectivity index is 1.70. The fourth-order valence-electron chi connectivity index (χ4n) is 1.82. The minimum Gasteiger partial charge on any atom is -0.346 e. The van der Waals surface area contributed by atoms with Crippen LogP contribution in [0.1, 0.15) is 5.56 Å². The molecule has 2 rings (SSSR count). The van der Waals surface area contributed by atoms with Crippen molar-refractivity contribution in [2.45, 2.75) is 11.8 Å². The number of thioether (sulfide) groups is 1. The number of nitrogens with one attached hydrogen (secondary N) is 2. The van der Waals surface area contributed by atoms with Crippen LogP contribution in [0.15, 0.2) is 59.5 Å². The summed E-state index contributed by atoms with van der Waals surface area (Å²) in [5.74, 6) is -0.0984. The molecule has 0 unspecified atom stereocenters. The van der Waals surface area contributed by atoms with E-state index in [0.29, 0.717) is 5.75 Å². The number of aryl methyl sites for hydroxylation is 1. The molecule has 0 atom stereocenters. The number of anilines is 1. The van der Waals surface area contributed by atoms with E-state index in [4.69, 9.17) is 0 Å². The Morgan fingerprint density at radius 3 is 2.50 bits per heavy atom. The molecule has 0 aliphatic heterocycles. The molecular weight excluding hydrogens is 296 g/mol. The van der Waals surface area contributed by atoms with Crippen LogP contribution in [0.5, 0.6) is 0 Å². The van der Waals surface area contributed by atoms with Crippen molar-refractivity contribution in [3.63, 3.8) is 0 Å². The van der Waals surface area contributed by atoms with E-state index in [0.717, 1.165) is 16.1 Å². The number of carbonyl (C=O) groups is 2. The van der Waals surface area contributed by atoms with Gasteiger partial charge in [0.05, 0.1) is 12.3 Å². The normalized spacial score (nSPS) is 10.0. The summed E-state index contributed by atoms with van der Waals surface area (Å²) in [6.07, 6.45) is 0. The maximum Gasteiger partial charge on any atom is 0.243 e. The molecule has 22 heavy (non-hydrogen) atoms. The summed E-state index contributed by atoms with van der Waals surface area (Å²) in [5, 5.41) is 5.37. The molecule has 2 aromatic rings. The first-order valence-corrected chi connectivity index (χ1v) is 7.93. The van der Waals surface area contributed by atoms with E-state index in [1.54, 1.807) is 0 Å². The van der Waals surface area contributed by atoms with Gasteiger partial charge in [0.15, 0.2) is 0 Å². The lowest BCUT2D eigenvalue weighted by Crippen LogP contribution is -2.33. The van der Waals surface area contributed by atoms with E-state index in [9.17, 15) is 9.59 Å². The van der Waals surface area contributed by atoms with E-state index in [2.05, 4.69) is 10.6 Å². The van der Waals surface area contributed by atoms with Crippen LogP contribution in [-0.2, 0) is 9.59 Å². The Hall–Kier alpha value is -2.27. The molecule has 2 amide bonds. The Morgan fingerprint density at radius 2 is 1.77 bits per heavy atom. The summed E-state index contributed by atoms with van der Waals surface area (Å²) < 4.78 is 0. The predicted octanol–water partition coefficient (Wildman–Crippen LogP) is 2.84. The molecule has 0 aliphatic rings. The van der Waals surface area contributed by atoms with Crippen molar-refractivity contribution >= 4 is 29.3 Å². The summed E-state index contributed by atoms with van der Waals surface area (Å²) in [7, 11) is 0. The van der Waals surface area contributed by atoms with Crippen molar-refractivity contribution < 1.29 is 9.59 Å². The molecule has 0 saturated heterocycles. The molecule has 114 valence electrons. The summed E-state index contributed by atoms with van der Waals surface area (Å²) >= 11 is 1.44. The standard InChI is InChI=1S/C17H18N2O2S/c1-13-6-5-7-14(10-13)19-16(20)11-18-17(21)12-22-15-8-3-2-4-9-15/h2-10H,11-12H2,1H3,(H,18,21)(H,19,20). The molecule has 0 fully saturated rings. The number of amides is 2. The second-order valence-corrected chi connectivity index (χ2v) is 5.84. The molecule has 2 aromatic carbocycles. The van der Waals surface area contributed by atoms with Crippen LogP contribution in [0, 0.1) is 6.92 Å². The van der Waals surface area contributed by atoms with Crippen LogP contribution in [-0.4, -0.2) is 24.1 Å². The first kappa shape index (κ1) is 16.1. The van der Waals surface area contributed by atoms with Gasteiger partial charge in [-0.3, -0.25) is 9.59 Å². The molecule has 0 aromatic heterocycles. The summed E-state index contributed by atoms with van der Waals surface area (Å²) in [6.45, 7) is 1.93. The molecule has 0 bridgehead atoms. The molecule has 0 spiro atoms. The van der Waals surface area contributed by atoms with Gasteiger partial charge in [0.1, 0.15) is 0 Å². The average Bonchev–Trinajstić information content (AvgIpc) is 2.52. The number of rotatable bonds is 6. The van der Waals surface area contributed by atoms with Gasteiger partial charge < -0.3 is 10.6 Å². The number of benzene rings is 2. The third-order valence-electron chi connectivity index (χ3n) is 2.86. The lowest BCUT2D eigenvalue weighted by Gasteiger charge is -2.07. The fourth-order valence-corrected chi connectivity index (χ4v) is 2.57. The molecular formula is C17H18N2O2S. The van der Waals surface area contributed by atoms with E-state index < -0.39 is 0 Å². The Labute approximate surface area is 134 Å². The van der Waals surface area contributed by atoms with Crippen molar-refractivity contribution in [3.05, 3.63) is 60.2 Å². The highest BCUT2D eigenvalue weighted by molar-refractivity contribution is 8.00. The van der Waals surface area contributed by atoms with Gasteiger partial charge in [-0.05, 0) is 36.8 Å². The van der Waals surface area contributed by atoms with Crippen LogP contribution in [0.25, 0.3) is 0 Å². The highest BCUT2D eigenvalue weighted by Crippen LogP contribution is 2.16. The smallest absolute Gasteiger partial charge is 0.243 e. The van der Waals surface area contributed by atoms with Gasteiger partial charge in [0, 0.05) is 10.6 Å². The third kappa shape index (κ3) is 5.61. The minimum atomic E-state index is -0.233. The Kier molecular flexibility index (Phi) is 6.03. The maximum absolute atomic E-state index is 11.8. The monoisotopic (exact) mass is 314 g/mol. The van der Waals surface area contributed by atoms with E-state index in [1.165, 1.54) is 11.8 Å². The van der Waals surface area contributed by atoms with Gasteiger partial charge in [0.25, 0.3) is 0 Å². The third-order valence-corrected chi connectivity index (χ3v) is 3.87. The average molecular weight is 314 g/mol. The lowest BCUT2D eigenvalue weighted by molar-refractivity contribution is -0.122. The highest BCUT2D eigenvalue weighted by Gasteiger charge is 2.06. The van der Waals surface area contributed by atoms with Crippen molar-refractivity contribution in [2.75, 3.05) is 17.6 Å². The summed E-state index contributed by atoms with van der Waals surface area (Å²) in [5.41, 5.74) is 1.80. The number of carbonyl (C=O) groups excluding carboxylic acids is 2. The maximum atomic E-state index is 11.8. The highest BCUT2D eigenvalue weighted by atomic mass is 32.2. The van der Waals surface area contributed by atoms with Gasteiger partial charge >= 0.3 is 0 Å². The van der Waals surface area contributed by atoms with Crippen molar-refractivity contribution in [2.24, 2.45) is 0 Å². The van der Waals surface area contributed by atoms with Gasteiger partial charge in [-0.15, -0.1) is 11.8 Å². The van der Waals surface area contributed by atoms with Gasteiger partial charge in [0.2, 0.25) is 11.8 Å². The minimum absolute atomic E-state index is 0.0257. The quantitative estimate of drug-likeness (QED) is 0.806. The zero-order valence-corrected chi connectivity index (χ0v) is 13.2. The fraction of sp³-hybridized carbons (Fsp3) is 0.176. The van der Waals surface area contributed by atoms with Crippen molar-refractivity contribution in [1.29, 1.82) is 0 Å². The Bertz CT molecular complexity index is 644. The van der Waals surface area contributed by atoms with Gasteiger partial charge in [-0.2, -0.15) is 0 Å². The van der Waals surface area contributed by atoms with E-state index in [-0.39, 0.29) is 18.4 Å². The van der Waals surface area contributed by atoms with Crippen LogP contribution in [0.4, 0.5) is 5.69 Å². The zero-order valence-electron chi connectivity index (χ0n) is 12.3. The van der Waals surface area contributed by atoms with E-state index in [1.807, 2.05) is 61.5 Å². The number of hydrogen-bond acceptors (Lipinski definition) is 3. The largest absolute Gasteiger partial charge is 0.346 e. The van der Waals surface area contributed by atoms with Crippen LogP contribution < -0.4 is 10.6 Å². The molecule has 0 aliphatic carbocycles. The zero-order chi connectivity index (χ0) is 15.8. The van der Waals surface area contributed by atoms with Crippen LogP contribution in [0.3, 0.4) is 0 Å². The second kappa shape index (κ2) is 8.24. The number of hydrogen-bond donors (Lipinski definition) is 2. The first-order chi connectivity index (χ1) is 10.6. The summed E-state index contributed by atoms with van der Waals surface area (Å²) in [6, 6.07) is 17.2. The topological polar surface area (TPSA) is 58.2 Å². The molecule has 0 saturated carbocycles. The van der Waals surface area contributed by atoms with Crippen molar-refractivity contribution in [3.8, 4) is 0 Å². The second-order valence-electron chi connectivity index (χ2n) is 4.80. The lowest BCUT2D eigenvalue weighted by atomic mass is 10.2. The van der Waals surface area contributed by atoms with Gasteiger partial charge in [-0.25, -0.2) is 0 Å². The molecule has 0 radical (unpaired) electrons. The Morgan fingerprint density at radius 1 is 1.00 bits per heavy atom. The van der Waals surface area contributed by atoms with Gasteiger partial charge in [-0.1, -0.05) is 30.3 Å². The summed E-state index contributed by atoms with van der Waals surface area (Å²) in [4.78, 5) is 24.5. The van der Waals surface area contributed by atoms with Crippen LogP contribution in [0.2, 0.25) is 0 Å². The first-order valence-electron chi connectivity index (χ1n) is 6.94. The molecule has 4 nitrogen and oxygen atoms in total. The molecule has 2 N–H and O–H groups in total.